The lowest BCUT2D eigenvalue weighted by atomic mass is 9.66. The molecule has 0 bridgehead atoms. The van der Waals surface area contributed by atoms with E-state index in [4.69, 9.17) is 4.74 Å². The summed E-state index contributed by atoms with van der Waals surface area (Å²) < 4.78 is 4.94. The zero-order valence-electron chi connectivity index (χ0n) is 13.9. The van der Waals surface area contributed by atoms with Gasteiger partial charge in [0.15, 0.2) is 0 Å². The third-order valence-corrected chi connectivity index (χ3v) is 4.80. The molecule has 0 fully saturated rings. The van der Waals surface area contributed by atoms with Crippen LogP contribution in [0.25, 0.3) is 0 Å². The fourth-order valence-electron chi connectivity index (χ4n) is 3.64. The van der Waals surface area contributed by atoms with Crippen LogP contribution in [-0.2, 0) is 14.3 Å². The number of rotatable bonds is 4. The Morgan fingerprint density at radius 3 is 1.64 bits per heavy atom. The first kappa shape index (κ1) is 17.0. The predicted molar refractivity (Wildman–Crippen MR) is 91.5 cm³/mol. The number of aliphatic carboxylic acids is 1. The maximum Gasteiger partial charge on any atom is 0.310 e. The van der Waals surface area contributed by atoms with Crippen LogP contribution < -0.4 is 5.11 Å². The molecule has 0 spiro atoms. The fraction of sp³-hybridized carbons (Fsp3) is 0.238. The second kappa shape index (κ2) is 7.34. The number of allylic oxidation sites excluding steroid dienone is 2. The Hall–Kier alpha value is -2.88. The predicted octanol–water partition coefficient (Wildman–Crippen LogP) is 2.28. The molecule has 1 aliphatic carbocycles. The summed E-state index contributed by atoms with van der Waals surface area (Å²) in [5.41, 5.74) is 1.72. The molecule has 3 rings (SSSR count). The van der Waals surface area contributed by atoms with Crippen molar-refractivity contribution < 1.29 is 19.4 Å². The van der Waals surface area contributed by atoms with Gasteiger partial charge in [-0.2, -0.15) is 0 Å². The molecule has 0 N–H and O–H groups in total. The van der Waals surface area contributed by atoms with Crippen LogP contribution in [0.15, 0.2) is 72.8 Å². The molecule has 1 aliphatic rings. The van der Waals surface area contributed by atoms with E-state index in [9.17, 15) is 14.7 Å². The van der Waals surface area contributed by atoms with E-state index in [0.29, 0.717) is 0 Å². The average molecular weight is 335 g/mol. The highest BCUT2D eigenvalue weighted by atomic mass is 16.5. The zero-order valence-corrected chi connectivity index (χ0v) is 13.9. The van der Waals surface area contributed by atoms with Gasteiger partial charge in [0.1, 0.15) is 0 Å². The van der Waals surface area contributed by atoms with E-state index in [2.05, 4.69) is 0 Å². The summed E-state index contributed by atoms with van der Waals surface area (Å²) in [4.78, 5) is 24.5. The van der Waals surface area contributed by atoms with E-state index in [1.807, 2.05) is 72.8 Å². The summed E-state index contributed by atoms with van der Waals surface area (Å²) >= 11 is 0. The Labute approximate surface area is 146 Å². The topological polar surface area (TPSA) is 66.4 Å². The molecule has 0 heterocycles. The van der Waals surface area contributed by atoms with E-state index in [-0.39, 0.29) is 5.92 Å². The molecular formula is C21H19O4-. The van der Waals surface area contributed by atoms with Crippen LogP contribution in [0.2, 0.25) is 0 Å². The van der Waals surface area contributed by atoms with Gasteiger partial charge in [-0.15, -0.1) is 0 Å². The minimum atomic E-state index is -1.24. The lowest BCUT2D eigenvalue weighted by molar-refractivity contribution is -0.314. The largest absolute Gasteiger partial charge is 0.550 e. The highest BCUT2D eigenvalue weighted by molar-refractivity contribution is 5.83. The van der Waals surface area contributed by atoms with Gasteiger partial charge in [0.05, 0.1) is 13.0 Å². The summed E-state index contributed by atoms with van der Waals surface area (Å²) in [5.74, 6) is -4.41. The SMILES string of the molecule is COC(=O)[C@@H]1[C@@H](C(=O)[O-])[C@@H](c2ccccc2)C=C[C@@H]1c1ccccc1. The third kappa shape index (κ3) is 3.33. The van der Waals surface area contributed by atoms with E-state index >= 15 is 0 Å². The Balaban J connectivity index is 2.10. The summed E-state index contributed by atoms with van der Waals surface area (Å²) in [6, 6.07) is 18.7. The minimum absolute atomic E-state index is 0.364. The molecule has 0 saturated heterocycles. The van der Waals surface area contributed by atoms with Crippen molar-refractivity contribution in [3.8, 4) is 0 Å². The number of carboxylic acid groups (broad SMARTS) is 1. The van der Waals surface area contributed by atoms with Gasteiger partial charge >= 0.3 is 5.97 Å². The highest BCUT2D eigenvalue weighted by Gasteiger charge is 2.43. The maximum atomic E-state index is 12.5. The number of hydrogen-bond donors (Lipinski definition) is 0. The Bertz CT molecular complexity index is 767. The molecule has 128 valence electrons. The summed E-state index contributed by atoms with van der Waals surface area (Å²) in [7, 11) is 1.28. The van der Waals surface area contributed by atoms with Crippen molar-refractivity contribution in [3.63, 3.8) is 0 Å². The van der Waals surface area contributed by atoms with Gasteiger partial charge in [0, 0.05) is 23.7 Å². The average Bonchev–Trinajstić information content (AvgIpc) is 2.67. The third-order valence-electron chi connectivity index (χ3n) is 4.80. The van der Waals surface area contributed by atoms with Crippen molar-refractivity contribution >= 4 is 11.9 Å². The van der Waals surface area contributed by atoms with Crippen LogP contribution in [0.1, 0.15) is 23.0 Å². The van der Waals surface area contributed by atoms with Crippen LogP contribution in [0.3, 0.4) is 0 Å². The standard InChI is InChI=1S/C21H20O4/c1-25-21(24)19-17(15-10-6-3-7-11-15)13-12-16(18(19)20(22)23)14-8-4-2-5-9-14/h2-13,16-19H,1H3,(H,22,23)/p-1/t16-,17-,18+,19+/m1/s1. The monoisotopic (exact) mass is 335 g/mol. The second-order valence-corrected chi connectivity index (χ2v) is 6.15. The number of esters is 1. The molecular weight excluding hydrogens is 316 g/mol. The van der Waals surface area contributed by atoms with Gasteiger partial charge in [0.2, 0.25) is 0 Å². The number of ether oxygens (including phenoxy) is 1. The number of benzene rings is 2. The number of hydrogen-bond acceptors (Lipinski definition) is 4. The summed E-state index contributed by atoms with van der Waals surface area (Å²) in [6.07, 6.45) is 3.78. The van der Waals surface area contributed by atoms with Gasteiger partial charge < -0.3 is 14.6 Å². The van der Waals surface area contributed by atoms with E-state index < -0.39 is 29.7 Å². The Morgan fingerprint density at radius 1 is 0.800 bits per heavy atom. The summed E-state index contributed by atoms with van der Waals surface area (Å²) in [5, 5.41) is 12.0. The van der Waals surface area contributed by atoms with Crippen molar-refractivity contribution in [3.05, 3.63) is 83.9 Å². The lowest BCUT2D eigenvalue weighted by Crippen LogP contribution is -2.46. The van der Waals surface area contributed by atoms with Crippen LogP contribution in [-0.4, -0.2) is 19.0 Å². The van der Waals surface area contributed by atoms with Crippen molar-refractivity contribution in [1.82, 2.24) is 0 Å². The quantitative estimate of drug-likeness (QED) is 0.635. The number of carbonyl (C=O) groups is 2. The normalized spacial score (nSPS) is 25.3. The molecule has 0 radical (unpaired) electrons. The zero-order chi connectivity index (χ0) is 17.8. The first-order valence-electron chi connectivity index (χ1n) is 8.20. The van der Waals surface area contributed by atoms with Crippen LogP contribution in [0, 0.1) is 11.8 Å². The van der Waals surface area contributed by atoms with E-state index in [1.54, 1.807) is 0 Å². The first-order chi connectivity index (χ1) is 12.1. The fourth-order valence-corrected chi connectivity index (χ4v) is 3.64. The molecule has 4 heteroatoms. The molecule has 0 saturated carbocycles. The Kier molecular flexibility index (Phi) is 4.98. The lowest BCUT2D eigenvalue weighted by Gasteiger charge is -2.39. The van der Waals surface area contributed by atoms with E-state index in [0.717, 1.165) is 11.1 Å². The van der Waals surface area contributed by atoms with Crippen molar-refractivity contribution in [2.45, 2.75) is 11.8 Å². The van der Waals surface area contributed by atoms with Gasteiger partial charge in [-0.3, -0.25) is 4.79 Å². The number of carboxylic acids is 1. The summed E-state index contributed by atoms with van der Waals surface area (Å²) in [6.45, 7) is 0. The van der Waals surface area contributed by atoms with Crippen molar-refractivity contribution in [1.29, 1.82) is 0 Å². The minimum Gasteiger partial charge on any atom is -0.550 e. The van der Waals surface area contributed by atoms with Gasteiger partial charge in [-0.05, 0) is 11.1 Å². The highest BCUT2D eigenvalue weighted by Crippen LogP contribution is 2.44. The molecule has 0 aliphatic heterocycles. The van der Waals surface area contributed by atoms with Crippen molar-refractivity contribution in [2.24, 2.45) is 11.8 Å². The van der Waals surface area contributed by atoms with Crippen molar-refractivity contribution in [2.75, 3.05) is 7.11 Å². The van der Waals surface area contributed by atoms with Gasteiger partial charge in [-0.1, -0.05) is 72.8 Å². The van der Waals surface area contributed by atoms with Crippen LogP contribution in [0.5, 0.6) is 0 Å². The van der Waals surface area contributed by atoms with Gasteiger partial charge in [-0.25, -0.2) is 0 Å². The molecule has 0 aromatic heterocycles. The molecule has 0 amide bonds. The van der Waals surface area contributed by atoms with E-state index in [1.165, 1.54) is 7.11 Å². The van der Waals surface area contributed by atoms with Gasteiger partial charge in [0.25, 0.3) is 0 Å². The molecule has 4 nitrogen and oxygen atoms in total. The Morgan fingerprint density at radius 2 is 1.24 bits per heavy atom. The molecule has 4 atom stereocenters. The molecule has 0 unspecified atom stereocenters. The number of carbonyl (C=O) groups excluding carboxylic acids is 2. The molecule has 25 heavy (non-hydrogen) atoms. The second-order valence-electron chi connectivity index (χ2n) is 6.15. The maximum absolute atomic E-state index is 12.5. The van der Waals surface area contributed by atoms with Crippen LogP contribution >= 0.6 is 0 Å². The molecule has 2 aromatic rings. The number of methoxy groups -OCH3 is 1. The smallest absolute Gasteiger partial charge is 0.310 e. The molecule has 2 aromatic carbocycles. The van der Waals surface area contributed by atoms with Crippen LogP contribution in [0.4, 0.5) is 0 Å². The first-order valence-corrected chi connectivity index (χ1v) is 8.20.